The topological polar surface area (TPSA) is 0 Å². The molecule has 3 aliphatic rings. The highest BCUT2D eigenvalue weighted by atomic mass is 14.7. The standard InChI is InChI=1S/C15H26/c1-10-5-6-13-11(2)14(3,4)12-7-8-15(10,13)9-12/h10-13H,5-9H2,1-4H3/t10-,11?,12+,13?,15-/m0/s1. The van der Waals surface area contributed by atoms with Crippen molar-refractivity contribution in [3.63, 3.8) is 0 Å². The number of rotatable bonds is 0. The third-order valence-corrected chi connectivity index (χ3v) is 7.04. The molecule has 15 heavy (non-hydrogen) atoms. The van der Waals surface area contributed by atoms with Crippen LogP contribution in [0.3, 0.4) is 0 Å². The second-order valence-electron chi connectivity index (χ2n) is 7.37. The third-order valence-electron chi connectivity index (χ3n) is 7.04. The summed E-state index contributed by atoms with van der Waals surface area (Å²) in [6, 6.07) is 0. The smallest absolute Gasteiger partial charge is 0.0238 e. The average Bonchev–Trinajstić information content (AvgIpc) is 2.72. The molecule has 0 aromatic heterocycles. The predicted octanol–water partition coefficient (Wildman–Crippen LogP) is 4.49. The van der Waals surface area contributed by atoms with E-state index in [-0.39, 0.29) is 0 Å². The van der Waals surface area contributed by atoms with E-state index in [2.05, 4.69) is 27.7 Å². The molecule has 5 atom stereocenters. The maximum Gasteiger partial charge on any atom is -0.0238 e. The molecule has 0 N–H and O–H groups in total. The summed E-state index contributed by atoms with van der Waals surface area (Å²) in [5.41, 5.74) is 1.41. The van der Waals surface area contributed by atoms with Crippen molar-refractivity contribution in [1.82, 2.24) is 0 Å². The Morgan fingerprint density at radius 2 is 1.73 bits per heavy atom. The quantitative estimate of drug-likeness (QED) is 0.547. The lowest BCUT2D eigenvalue weighted by molar-refractivity contribution is -0.0294. The Morgan fingerprint density at radius 1 is 1.00 bits per heavy atom. The first-order chi connectivity index (χ1) is 6.98. The molecule has 0 heteroatoms. The minimum Gasteiger partial charge on any atom is -0.0620 e. The number of hydrogen-bond donors (Lipinski definition) is 0. The van der Waals surface area contributed by atoms with Crippen molar-refractivity contribution in [3.8, 4) is 0 Å². The Morgan fingerprint density at radius 3 is 2.47 bits per heavy atom. The highest BCUT2D eigenvalue weighted by Crippen LogP contribution is 2.70. The Hall–Kier alpha value is 0. The number of hydrogen-bond acceptors (Lipinski definition) is 0. The van der Waals surface area contributed by atoms with Crippen LogP contribution in [0, 0.1) is 34.5 Å². The molecule has 0 aromatic carbocycles. The summed E-state index contributed by atoms with van der Waals surface area (Å²) in [5.74, 6) is 4.07. The molecule has 3 rings (SSSR count). The molecule has 0 nitrogen and oxygen atoms in total. The van der Waals surface area contributed by atoms with E-state index in [1.165, 1.54) is 19.3 Å². The van der Waals surface area contributed by atoms with Crippen molar-refractivity contribution >= 4 is 0 Å². The van der Waals surface area contributed by atoms with Crippen molar-refractivity contribution in [1.29, 1.82) is 0 Å². The van der Waals surface area contributed by atoms with Crippen LogP contribution < -0.4 is 0 Å². The molecular weight excluding hydrogens is 180 g/mol. The van der Waals surface area contributed by atoms with E-state index in [1.54, 1.807) is 12.8 Å². The molecular formula is C15H26. The lowest BCUT2D eigenvalue weighted by Gasteiger charge is -2.51. The van der Waals surface area contributed by atoms with E-state index in [0.29, 0.717) is 5.41 Å². The molecule has 0 aliphatic heterocycles. The fourth-order valence-electron chi connectivity index (χ4n) is 5.53. The molecule has 0 saturated heterocycles. The van der Waals surface area contributed by atoms with Crippen LogP contribution in [0.2, 0.25) is 0 Å². The van der Waals surface area contributed by atoms with Gasteiger partial charge in [0.05, 0.1) is 0 Å². The summed E-state index contributed by atoms with van der Waals surface area (Å²) in [7, 11) is 0. The minimum absolute atomic E-state index is 0.620. The van der Waals surface area contributed by atoms with Crippen LogP contribution in [0.25, 0.3) is 0 Å². The van der Waals surface area contributed by atoms with Crippen molar-refractivity contribution in [3.05, 3.63) is 0 Å². The van der Waals surface area contributed by atoms with Crippen LogP contribution in [0.5, 0.6) is 0 Å². The van der Waals surface area contributed by atoms with Gasteiger partial charge in [0.2, 0.25) is 0 Å². The molecule has 0 amide bonds. The zero-order valence-electron chi connectivity index (χ0n) is 10.8. The first kappa shape index (κ1) is 10.2. The minimum atomic E-state index is 0.620. The molecule has 3 aliphatic carbocycles. The fourth-order valence-corrected chi connectivity index (χ4v) is 5.53. The van der Waals surface area contributed by atoms with E-state index in [9.17, 15) is 0 Å². The van der Waals surface area contributed by atoms with E-state index in [4.69, 9.17) is 0 Å². The monoisotopic (exact) mass is 206 g/mol. The lowest BCUT2D eigenvalue weighted by Crippen LogP contribution is -2.45. The van der Waals surface area contributed by atoms with Gasteiger partial charge in [0.25, 0.3) is 0 Å². The first-order valence-electron chi connectivity index (χ1n) is 6.98. The highest BCUT2D eigenvalue weighted by Gasteiger charge is 2.61. The fraction of sp³-hybridized carbons (Fsp3) is 1.00. The Kier molecular flexibility index (Phi) is 1.91. The van der Waals surface area contributed by atoms with Crippen molar-refractivity contribution in [2.24, 2.45) is 34.5 Å². The molecule has 2 bridgehead atoms. The largest absolute Gasteiger partial charge is 0.0620 e. The summed E-state index contributed by atoms with van der Waals surface area (Å²) in [4.78, 5) is 0. The zero-order valence-corrected chi connectivity index (χ0v) is 10.8. The van der Waals surface area contributed by atoms with Crippen molar-refractivity contribution in [2.75, 3.05) is 0 Å². The molecule has 1 spiro atoms. The molecule has 0 aromatic rings. The van der Waals surface area contributed by atoms with E-state index >= 15 is 0 Å². The van der Waals surface area contributed by atoms with Crippen LogP contribution >= 0.6 is 0 Å². The Balaban J connectivity index is 2.03. The van der Waals surface area contributed by atoms with E-state index < -0.39 is 0 Å². The highest BCUT2D eigenvalue weighted by molar-refractivity contribution is 5.11. The summed E-state index contributed by atoms with van der Waals surface area (Å²) in [6.45, 7) is 10.2. The number of fused-ring (bicyclic) bond motifs is 1. The average molecular weight is 206 g/mol. The SMILES string of the molecule is CC1C2CC[C@H](C)[C@@]23CC[C@H](C3)C1(C)C. The molecule has 3 fully saturated rings. The molecule has 2 unspecified atom stereocenters. The molecule has 0 heterocycles. The maximum atomic E-state index is 2.55. The van der Waals surface area contributed by atoms with Gasteiger partial charge < -0.3 is 0 Å². The van der Waals surface area contributed by atoms with Crippen molar-refractivity contribution in [2.45, 2.75) is 59.8 Å². The van der Waals surface area contributed by atoms with Crippen molar-refractivity contribution < 1.29 is 0 Å². The van der Waals surface area contributed by atoms with Gasteiger partial charge in [-0.25, -0.2) is 0 Å². The van der Waals surface area contributed by atoms with Crippen LogP contribution in [-0.4, -0.2) is 0 Å². The van der Waals surface area contributed by atoms with E-state index in [1.807, 2.05) is 0 Å². The van der Waals surface area contributed by atoms with Gasteiger partial charge in [-0.1, -0.05) is 27.7 Å². The third kappa shape index (κ3) is 1.04. The van der Waals surface area contributed by atoms with Crippen LogP contribution in [0.1, 0.15) is 59.8 Å². The summed E-state index contributed by atoms with van der Waals surface area (Å²) < 4.78 is 0. The van der Waals surface area contributed by atoms with Gasteiger partial charge in [0.15, 0.2) is 0 Å². The zero-order chi connectivity index (χ0) is 10.8. The maximum absolute atomic E-state index is 2.55. The Labute approximate surface area is 94.8 Å². The lowest BCUT2D eigenvalue weighted by atomic mass is 9.53. The first-order valence-corrected chi connectivity index (χ1v) is 6.98. The van der Waals surface area contributed by atoms with Gasteiger partial charge in [-0.15, -0.1) is 0 Å². The van der Waals surface area contributed by atoms with Gasteiger partial charge in [-0.05, 0) is 66.6 Å². The van der Waals surface area contributed by atoms with Crippen LogP contribution in [0.4, 0.5) is 0 Å². The second kappa shape index (κ2) is 2.81. The summed E-state index contributed by atoms with van der Waals surface area (Å²) in [6.07, 6.45) is 7.68. The normalized spacial score (nSPS) is 56.8. The van der Waals surface area contributed by atoms with E-state index in [0.717, 1.165) is 29.1 Å². The predicted molar refractivity (Wildman–Crippen MR) is 64.6 cm³/mol. The Bertz CT molecular complexity index is 278. The molecule has 3 saturated carbocycles. The van der Waals surface area contributed by atoms with Gasteiger partial charge in [0, 0.05) is 0 Å². The second-order valence-corrected chi connectivity index (χ2v) is 7.37. The van der Waals surface area contributed by atoms with Gasteiger partial charge in [0.1, 0.15) is 0 Å². The van der Waals surface area contributed by atoms with Gasteiger partial charge in [-0.2, -0.15) is 0 Å². The summed E-state index contributed by atoms with van der Waals surface area (Å²) >= 11 is 0. The van der Waals surface area contributed by atoms with Crippen LogP contribution in [0.15, 0.2) is 0 Å². The molecule has 0 radical (unpaired) electrons. The molecule has 86 valence electrons. The van der Waals surface area contributed by atoms with Crippen LogP contribution in [-0.2, 0) is 0 Å². The summed E-state index contributed by atoms with van der Waals surface area (Å²) in [5, 5.41) is 0. The van der Waals surface area contributed by atoms with Gasteiger partial charge >= 0.3 is 0 Å². The van der Waals surface area contributed by atoms with Gasteiger partial charge in [-0.3, -0.25) is 0 Å².